The standard InChI is InChI=1S/C21H18Cl3N3O2/c1-13-10-15(14(2)27(13)18-8-5-7-17(23)21(18)24)11-25-26-20(28)12-29-19-9-4-3-6-16(19)22/h3-11H,12H2,1-2H3,(H,26,28)/b25-11-. The first kappa shape index (κ1) is 21.2. The Kier molecular flexibility index (Phi) is 6.85. The van der Waals surface area contributed by atoms with Gasteiger partial charge in [-0.2, -0.15) is 5.10 Å². The van der Waals surface area contributed by atoms with Gasteiger partial charge >= 0.3 is 0 Å². The highest BCUT2D eigenvalue weighted by Gasteiger charge is 2.13. The number of carbonyl (C=O) groups is 1. The van der Waals surface area contributed by atoms with Gasteiger partial charge in [-0.3, -0.25) is 4.79 Å². The second-order valence-corrected chi connectivity index (χ2v) is 7.44. The number of aryl methyl sites for hydroxylation is 1. The molecule has 2 aromatic carbocycles. The molecule has 0 saturated heterocycles. The first-order chi connectivity index (χ1) is 13.9. The maximum atomic E-state index is 11.9. The minimum atomic E-state index is -0.395. The van der Waals surface area contributed by atoms with E-state index in [1.54, 1.807) is 36.5 Å². The summed E-state index contributed by atoms with van der Waals surface area (Å²) >= 11 is 18.5. The topological polar surface area (TPSA) is 55.6 Å². The molecule has 3 rings (SSSR count). The third kappa shape index (κ3) is 4.93. The number of ether oxygens (including phenoxy) is 1. The Morgan fingerprint density at radius 3 is 2.59 bits per heavy atom. The number of carbonyl (C=O) groups excluding carboxylic acids is 1. The molecule has 0 atom stereocenters. The summed E-state index contributed by atoms with van der Waals surface area (Å²) in [4.78, 5) is 11.9. The van der Waals surface area contributed by atoms with Crippen LogP contribution in [0, 0.1) is 13.8 Å². The molecule has 0 spiro atoms. The molecule has 8 heteroatoms. The van der Waals surface area contributed by atoms with Gasteiger partial charge in [0.1, 0.15) is 5.75 Å². The predicted octanol–water partition coefficient (Wildman–Crippen LogP) is 5.58. The highest BCUT2D eigenvalue weighted by molar-refractivity contribution is 6.43. The van der Waals surface area contributed by atoms with Crippen LogP contribution in [0.15, 0.2) is 53.6 Å². The maximum Gasteiger partial charge on any atom is 0.277 e. The summed E-state index contributed by atoms with van der Waals surface area (Å²) in [5, 5.41) is 5.42. The number of hydrazone groups is 1. The van der Waals surface area contributed by atoms with E-state index in [1.165, 1.54) is 0 Å². The van der Waals surface area contributed by atoms with E-state index < -0.39 is 5.91 Å². The van der Waals surface area contributed by atoms with Crippen molar-refractivity contribution in [3.8, 4) is 11.4 Å². The molecule has 0 bridgehead atoms. The van der Waals surface area contributed by atoms with E-state index in [-0.39, 0.29) is 6.61 Å². The minimum Gasteiger partial charge on any atom is -0.482 e. The number of para-hydroxylation sites is 1. The number of benzene rings is 2. The van der Waals surface area contributed by atoms with Crippen molar-refractivity contribution in [2.24, 2.45) is 5.10 Å². The number of aromatic nitrogens is 1. The Hall–Kier alpha value is -2.47. The first-order valence-corrected chi connectivity index (χ1v) is 9.84. The van der Waals surface area contributed by atoms with Crippen LogP contribution in [-0.4, -0.2) is 23.3 Å². The summed E-state index contributed by atoms with van der Waals surface area (Å²) in [6.07, 6.45) is 1.57. The second-order valence-electron chi connectivity index (χ2n) is 6.25. The molecule has 0 aliphatic heterocycles. The largest absolute Gasteiger partial charge is 0.482 e. The maximum absolute atomic E-state index is 11.9. The van der Waals surface area contributed by atoms with E-state index in [9.17, 15) is 4.79 Å². The molecule has 1 aromatic heterocycles. The van der Waals surface area contributed by atoms with Gasteiger partial charge in [0.25, 0.3) is 5.91 Å². The molecule has 3 aromatic rings. The smallest absolute Gasteiger partial charge is 0.277 e. The van der Waals surface area contributed by atoms with Crippen LogP contribution in [0.4, 0.5) is 0 Å². The number of rotatable bonds is 6. The first-order valence-electron chi connectivity index (χ1n) is 8.71. The average molecular weight is 451 g/mol. The Labute approximate surface area is 183 Å². The number of nitrogens with one attached hydrogen (secondary N) is 1. The predicted molar refractivity (Wildman–Crippen MR) is 118 cm³/mol. The molecule has 0 saturated carbocycles. The van der Waals surface area contributed by atoms with Gasteiger partial charge in [0, 0.05) is 17.0 Å². The molecule has 1 N–H and O–H groups in total. The van der Waals surface area contributed by atoms with Crippen molar-refractivity contribution >= 4 is 46.9 Å². The van der Waals surface area contributed by atoms with Crippen molar-refractivity contribution in [1.29, 1.82) is 0 Å². The van der Waals surface area contributed by atoms with Crippen molar-refractivity contribution in [1.82, 2.24) is 9.99 Å². The van der Waals surface area contributed by atoms with Crippen LogP contribution in [0.3, 0.4) is 0 Å². The minimum absolute atomic E-state index is 0.196. The van der Waals surface area contributed by atoms with Crippen LogP contribution in [0.1, 0.15) is 17.0 Å². The lowest BCUT2D eigenvalue weighted by Gasteiger charge is -2.12. The summed E-state index contributed by atoms with van der Waals surface area (Å²) in [7, 11) is 0. The summed E-state index contributed by atoms with van der Waals surface area (Å²) in [5.74, 6) is 0.0445. The van der Waals surface area contributed by atoms with Gasteiger partial charge in [0.2, 0.25) is 0 Å². The third-order valence-corrected chi connectivity index (χ3v) is 5.35. The van der Waals surface area contributed by atoms with Crippen molar-refractivity contribution in [2.45, 2.75) is 13.8 Å². The summed E-state index contributed by atoms with van der Waals surface area (Å²) in [6, 6.07) is 14.4. The number of hydrogen-bond donors (Lipinski definition) is 1. The lowest BCUT2D eigenvalue weighted by molar-refractivity contribution is -0.123. The summed E-state index contributed by atoms with van der Waals surface area (Å²) in [6.45, 7) is 3.70. The number of hydrogen-bond acceptors (Lipinski definition) is 3. The third-order valence-electron chi connectivity index (χ3n) is 4.23. The van der Waals surface area contributed by atoms with Gasteiger partial charge in [-0.05, 0) is 44.2 Å². The Morgan fingerprint density at radius 1 is 1.10 bits per heavy atom. The van der Waals surface area contributed by atoms with Gasteiger partial charge in [0.05, 0.1) is 27.0 Å². The van der Waals surface area contributed by atoms with Gasteiger partial charge in [-0.25, -0.2) is 5.43 Å². The van der Waals surface area contributed by atoms with Crippen molar-refractivity contribution < 1.29 is 9.53 Å². The highest BCUT2D eigenvalue weighted by Crippen LogP contribution is 2.31. The number of halogens is 3. The van der Waals surface area contributed by atoms with E-state index in [0.29, 0.717) is 20.8 Å². The van der Waals surface area contributed by atoms with Crippen molar-refractivity contribution in [3.05, 3.63) is 80.6 Å². The zero-order valence-corrected chi connectivity index (χ0v) is 18.0. The Balaban J connectivity index is 1.68. The van der Waals surface area contributed by atoms with Gasteiger partial charge in [-0.1, -0.05) is 53.0 Å². The quantitative estimate of drug-likeness (QED) is 0.393. The van der Waals surface area contributed by atoms with E-state index in [2.05, 4.69) is 10.5 Å². The molecule has 0 fully saturated rings. The lowest BCUT2D eigenvalue weighted by Crippen LogP contribution is -2.24. The number of amides is 1. The molecule has 0 unspecified atom stereocenters. The molecule has 1 heterocycles. The molecule has 150 valence electrons. The van der Waals surface area contributed by atoms with Crippen LogP contribution < -0.4 is 10.2 Å². The van der Waals surface area contributed by atoms with E-state index in [0.717, 1.165) is 22.6 Å². The van der Waals surface area contributed by atoms with Crippen LogP contribution in [-0.2, 0) is 4.79 Å². The molecule has 0 aliphatic carbocycles. The van der Waals surface area contributed by atoms with Crippen LogP contribution in [0.2, 0.25) is 15.1 Å². The summed E-state index contributed by atoms with van der Waals surface area (Å²) < 4.78 is 7.37. The normalized spacial score (nSPS) is 11.1. The zero-order chi connectivity index (χ0) is 21.0. The van der Waals surface area contributed by atoms with Gasteiger partial charge in [-0.15, -0.1) is 0 Å². The average Bonchev–Trinajstić information content (AvgIpc) is 2.97. The fourth-order valence-electron chi connectivity index (χ4n) is 2.87. The fraction of sp³-hybridized carbons (Fsp3) is 0.143. The van der Waals surface area contributed by atoms with Gasteiger partial charge < -0.3 is 9.30 Å². The summed E-state index contributed by atoms with van der Waals surface area (Å²) in [5.41, 5.74) is 5.94. The lowest BCUT2D eigenvalue weighted by atomic mass is 10.2. The van der Waals surface area contributed by atoms with Gasteiger partial charge in [0.15, 0.2) is 6.61 Å². The molecule has 5 nitrogen and oxygen atoms in total. The second kappa shape index (κ2) is 9.35. The van der Waals surface area contributed by atoms with Crippen molar-refractivity contribution in [2.75, 3.05) is 6.61 Å². The van der Waals surface area contributed by atoms with E-state index in [1.807, 2.05) is 36.6 Å². The van der Waals surface area contributed by atoms with E-state index in [4.69, 9.17) is 39.5 Å². The van der Waals surface area contributed by atoms with E-state index >= 15 is 0 Å². The molecular formula is C21H18Cl3N3O2. The molecule has 1 amide bonds. The monoisotopic (exact) mass is 449 g/mol. The Morgan fingerprint density at radius 2 is 1.83 bits per heavy atom. The molecular weight excluding hydrogens is 433 g/mol. The van der Waals surface area contributed by atoms with Crippen molar-refractivity contribution in [3.63, 3.8) is 0 Å². The molecule has 0 radical (unpaired) electrons. The zero-order valence-electron chi connectivity index (χ0n) is 15.7. The number of nitrogens with zero attached hydrogens (tertiary/aromatic N) is 2. The fourth-order valence-corrected chi connectivity index (χ4v) is 3.44. The molecule has 29 heavy (non-hydrogen) atoms. The van der Waals surface area contributed by atoms with Crippen LogP contribution in [0.25, 0.3) is 5.69 Å². The van der Waals surface area contributed by atoms with Crippen LogP contribution in [0.5, 0.6) is 5.75 Å². The SMILES string of the molecule is Cc1cc(/C=N\NC(=O)COc2ccccc2Cl)c(C)n1-c1cccc(Cl)c1Cl. The highest BCUT2D eigenvalue weighted by atomic mass is 35.5. The Bertz CT molecular complexity index is 1080. The molecule has 0 aliphatic rings. The van der Waals surface area contributed by atoms with Crippen LogP contribution >= 0.6 is 34.8 Å².